The number of carbonyl (C=O) groups excluding carboxylic acids is 2. The van der Waals surface area contributed by atoms with Crippen LogP contribution in [-0.2, 0) is 11.3 Å². The average Bonchev–Trinajstić information content (AvgIpc) is 3.12. The molecule has 1 saturated heterocycles. The Labute approximate surface area is 167 Å². The smallest absolute Gasteiger partial charge is 0.321 e. The topological polar surface area (TPSA) is 98.7 Å². The molecule has 152 valence electrons. The molecule has 1 heterocycles. The summed E-state index contributed by atoms with van der Waals surface area (Å²) in [6.45, 7) is 2.20. The maximum Gasteiger partial charge on any atom is 0.321 e. The first-order chi connectivity index (χ1) is 13.8. The molecule has 3 rings (SSSR count). The van der Waals surface area contributed by atoms with E-state index in [1.54, 1.807) is 49.4 Å². The number of benzene rings is 2. The molecule has 1 aliphatic heterocycles. The standard InChI is InChI=1S/C21H22FN3O4/c1-21(19(27)28)10-11-25(13-21)20(29)24-16-8-6-14(7-9-16)18(26)23-12-15-4-2-3-5-17(15)22/h2-9H,10-13H2,1H3,(H,23,26)(H,24,29)(H,27,28). The Bertz CT molecular complexity index is 932. The van der Waals surface area contributed by atoms with Crippen molar-refractivity contribution < 1.29 is 23.9 Å². The number of nitrogens with zero attached hydrogens (tertiary/aromatic N) is 1. The summed E-state index contributed by atoms with van der Waals surface area (Å²) in [4.78, 5) is 37.3. The molecule has 3 amide bonds. The van der Waals surface area contributed by atoms with Crippen molar-refractivity contribution in [3.63, 3.8) is 0 Å². The lowest BCUT2D eigenvalue weighted by Gasteiger charge is -2.20. The van der Waals surface area contributed by atoms with Crippen LogP contribution in [-0.4, -0.2) is 41.0 Å². The number of anilines is 1. The summed E-state index contributed by atoms with van der Waals surface area (Å²) in [7, 11) is 0. The maximum atomic E-state index is 13.6. The van der Waals surface area contributed by atoms with E-state index in [1.165, 1.54) is 11.0 Å². The van der Waals surface area contributed by atoms with Crippen molar-refractivity contribution in [3.05, 3.63) is 65.5 Å². The van der Waals surface area contributed by atoms with Gasteiger partial charge in [0.15, 0.2) is 0 Å². The normalized spacial score (nSPS) is 18.3. The molecule has 0 aliphatic carbocycles. The van der Waals surface area contributed by atoms with Crippen LogP contribution in [0.2, 0.25) is 0 Å². The maximum absolute atomic E-state index is 13.6. The number of carbonyl (C=O) groups is 3. The fourth-order valence-electron chi connectivity index (χ4n) is 3.14. The van der Waals surface area contributed by atoms with E-state index in [9.17, 15) is 23.9 Å². The van der Waals surface area contributed by atoms with Gasteiger partial charge in [-0.05, 0) is 43.7 Å². The fraction of sp³-hybridized carbons (Fsp3) is 0.286. The number of urea groups is 1. The highest BCUT2D eigenvalue weighted by molar-refractivity contribution is 5.95. The van der Waals surface area contributed by atoms with Gasteiger partial charge in [0.2, 0.25) is 0 Å². The van der Waals surface area contributed by atoms with Crippen LogP contribution in [0.3, 0.4) is 0 Å². The zero-order valence-corrected chi connectivity index (χ0v) is 15.9. The van der Waals surface area contributed by atoms with Crippen LogP contribution < -0.4 is 10.6 Å². The van der Waals surface area contributed by atoms with Gasteiger partial charge in [0.05, 0.1) is 5.41 Å². The molecular formula is C21H22FN3O4. The van der Waals surface area contributed by atoms with E-state index >= 15 is 0 Å². The molecule has 1 fully saturated rings. The second-order valence-electron chi connectivity index (χ2n) is 7.32. The minimum atomic E-state index is -0.933. The van der Waals surface area contributed by atoms with Crippen molar-refractivity contribution in [3.8, 4) is 0 Å². The molecule has 1 unspecified atom stereocenters. The minimum absolute atomic E-state index is 0.0707. The van der Waals surface area contributed by atoms with Crippen molar-refractivity contribution in [2.45, 2.75) is 19.9 Å². The van der Waals surface area contributed by atoms with Crippen molar-refractivity contribution in [2.75, 3.05) is 18.4 Å². The summed E-state index contributed by atoms with van der Waals surface area (Å²) < 4.78 is 13.6. The van der Waals surface area contributed by atoms with Gasteiger partial charge in [0, 0.05) is 36.4 Å². The predicted octanol–water partition coefficient (Wildman–Crippen LogP) is 3.08. The quantitative estimate of drug-likeness (QED) is 0.720. The van der Waals surface area contributed by atoms with Crippen LogP contribution in [0.15, 0.2) is 48.5 Å². The summed E-state index contributed by atoms with van der Waals surface area (Å²) in [6.07, 6.45) is 0.400. The van der Waals surface area contributed by atoms with Gasteiger partial charge in [-0.15, -0.1) is 0 Å². The zero-order chi connectivity index (χ0) is 21.0. The number of hydrogen-bond donors (Lipinski definition) is 3. The van der Waals surface area contributed by atoms with Crippen LogP contribution in [0.1, 0.15) is 29.3 Å². The van der Waals surface area contributed by atoms with Crippen molar-refractivity contribution in [1.29, 1.82) is 0 Å². The second-order valence-corrected chi connectivity index (χ2v) is 7.32. The number of halogens is 1. The third kappa shape index (κ3) is 4.71. The van der Waals surface area contributed by atoms with E-state index < -0.39 is 11.4 Å². The molecule has 29 heavy (non-hydrogen) atoms. The summed E-state index contributed by atoms with van der Waals surface area (Å²) in [6, 6.07) is 12.1. The molecule has 2 aromatic rings. The highest BCUT2D eigenvalue weighted by atomic mass is 19.1. The SMILES string of the molecule is CC1(C(=O)O)CCN(C(=O)Nc2ccc(C(=O)NCc3ccccc3F)cc2)C1. The number of rotatable bonds is 5. The molecule has 0 saturated carbocycles. The van der Waals surface area contributed by atoms with Gasteiger partial charge in [-0.3, -0.25) is 9.59 Å². The van der Waals surface area contributed by atoms with E-state index in [0.29, 0.717) is 29.8 Å². The lowest BCUT2D eigenvalue weighted by atomic mass is 9.90. The number of amides is 3. The largest absolute Gasteiger partial charge is 0.481 e. The first-order valence-electron chi connectivity index (χ1n) is 9.19. The Kier molecular flexibility index (Phi) is 5.81. The molecule has 1 atom stereocenters. The Morgan fingerprint density at radius 2 is 1.83 bits per heavy atom. The molecular weight excluding hydrogens is 377 g/mol. The van der Waals surface area contributed by atoms with Crippen molar-refractivity contribution in [1.82, 2.24) is 10.2 Å². The van der Waals surface area contributed by atoms with Gasteiger partial charge in [0.25, 0.3) is 5.91 Å². The van der Waals surface area contributed by atoms with Gasteiger partial charge < -0.3 is 20.6 Å². The van der Waals surface area contributed by atoms with Crippen LogP contribution in [0.25, 0.3) is 0 Å². The van der Waals surface area contributed by atoms with Crippen molar-refractivity contribution >= 4 is 23.6 Å². The molecule has 3 N–H and O–H groups in total. The summed E-state index contributed by atoms with van der Waals surface area (Å²) in [5, 5.41) is 14.6. The monoisotopic (exact) mass is 399 g/mol. The van der Waals surface area contributed by atoms with Crippen LogP contribution >= 0.6 is 0 Å². The molecule has 0 radical (unpaired) electrons. The Hall–Kier alpha value is -3.42. The summed E-state index contributed by atoms with van der Waals surface area (Å²) >= 11 is 0. The number of aliphatic carboxylic acids is 1. The minimum Gasteiger partial charge on any atom is -0.481 e. The van der Waals surface area contributed by atoms with Gasteiger partial charge in [-0.25, -0.2) is 9.18 Å². The molecule has 0 aromatic heterocycles. The second kappa shape index (κ2) is 8.30. The van der Waals surface area contributed by atoms with Crippen LogP contribution in [0.5, 0.6) is 0 Å². The number of likely N-dealkylation sites (tertiary alicyclic amines) is 1. The average molecular weight is 399 g/mol. The Morgan fingerprint density at radius 3 is 2.45 bits per heavy atom. The van der Waals surface area contributed by atoms with Gasteiger partial charge in [-0.1, -0.05) is 18.2 Å². The van der Waals surface area contributed by atoms with Gasteiger partial charge in [-0.2, -0.15) is 0 Å². The molecule has 7 nitrogen and oxygen atoms in total. The van der Waals surface area contributed by atoms with E-state index in [2.05, 4.69) is 10.6 Å². The lowest BCUT2D eigenvalue weighted by molar-refractivity contribution is -0.146. The summed E-state index contributed by atoms with van der Waals surface area (Å²) in [5.41, 5.74) is 0.324. The molecule has 0 bridgehead atoms. The molecule has 0 spiro atoms. The van der Waals surface area contributed by atoms with E-state index in [4.69, 9.17) is 0 Å². The zero-order valence-electron chi connectivity index (χ0n) is 15.9. The number of carboxylic acids is 1. The van der Waals surface area contributed by atoms with Crippen LogP contribution in [0, 0.1) is 11.2 Å². The third-order valence-corrected chi connectivity index (χ3v) is 5.07. The Morgan fingerprint density at radius 1 is 1.14 bits per heavy atom. The van der Waals surface area contributed by atoms with Gasteiger partial charge in [0.1, 0.15) is 5.82 Å². The lowest BCUT2D eigenvalue weighted by Crippen LogP contribution is -2.37. The fourth-order valence-corrected chi connectivity index (χ4v) is 3.14. The molecule has 8 heteroatoms. The predicted molar refractivity (Wildman–Crippen MR) is 105 cm³/mol. The first kappa shape index (κ1) is 20.3. The van der Waals surface area contributed by atoms with E-state index in [-0.39, 0.29) is 30.8 Å². The number of hydrogen-bond acceptors (Lipinski definition) is 3. The highest BCUT2D eigenvalue weighted by Crippen LogP contribution is 2.30. The van der Waals surface area contributed by atoms with E-state index in [1.807, 2.05) is 0 Å². The van der Waals surface area contributed by atoms with Crippen LogP contribution in [0.4, 0.5) is 14.9 Å². The Balaban J connectivity index is 1.55. The number of nitrogens with one attached hydrogen (secondary N) is 2. The molecule has 2 aromatic carbocycles. The van der Waals surface area contributed by atoms with Crippen molar-refractivity contribution in [2.24, 2.45) is 5.41 Å². The van der Waals surface area contributed by atoms with Gasteiger partial charge >= 0.3 is 12.0 Å². The summed E-state index contributed by atoms with van der Waals surface area (Å²) in [5.74, 6) is -1.66. The molecule has 1 aliphatic rings. The highest BCUT2D eigenvalue weighted by Gasteiger charge is 2.42. The first-order valence-corrected chi connectivity index (χ1v) is 9.19. The number of carboxylic acid groups (broad SMARTS) is 1. The van der Waals surface area contributed by atoms with E-state index in [0.717, 1.165) is 0 Å². The third-order valence-electron chi connectivity index (χ3n) is 5.07.